The molecule has 94 valence electrons. The number of hydrogen-bond donors (Lipinski definition) is 2. The maximum Gasteiger partial charge on any atom is 0.237 e. The maximum absolute atomic E-state index is 11.7. The molecule has 0 bridgehead atoms. The van der Waals surface area contributed by atoms with E-state index in [1.54, 1.807) is 0 Å². The highest BCUT2D eigenvalue weighted by molar-refractivity contribution is 5.81. The van der Waals surface area contributed by atoms with Crippen molar-refractivity contribution in [2.45, 2.75) is 39.2 Å². The lowest BCUT2D eigenvalue weighted by Gasteiger charge is -2.24. The van der Waals surface area contributed by atoms with Gasteiger partial charge in [0.15, 0.2) is 0 Å². The van der Waals surface area contributed by atoms with E-state index >= 15 is 0 Å². The fourth-order valence-electron chi connectivity index (χ4n) is 1.83. The maximum atomic E-state index is 11.7. The Kier molecular flexibility index (Phi) is 5.77. The first-order chi connectivity index (χ1) is 7.65. The lowest BCUT2D eigenvalue weighted by atomic mass is 9.98. The highest BCUT2D eigenvalue weighted by Crippen LogP contribution is 2.13. The molecule has 4 heteroatoms. The highest BCUT2D eigenvalue weighted by Gasteiger charge is 2.21. The fraction of sp³-hybridized carbons (Fsp3) is 0.917. The molecule has 0 spiro atoms. The zero-order chi connectivity index (χ0) is 12.0. The van der Waals surface area contributed by atoms with Crippen LogP contribution in [0.1, 0.15) is 33.1 Å². The van der Waals surface area contributed by atoms with Gasteiger partial charge in [-0.3, -0.25) is 4.79 Å². The third kappa shape index (κ3) is 4.10. The van der Waals surface area contributed by atoms with Gasteiger partial charge >= 0.3 is 0 Å². The lowest BCUT2D eigenvalue weighted by Crippen LogP contribution is -2.46. The highest BCUT2D eigenvalue weighted by atomic mass is 16.5. The molecule has 3 N–H and O–H groups in total. The van der Waals surface area contributed by atoms with E-state index in [0.717, 1.165) is 39.0 Å². The molecule has 0 radical (unpaired) electrons. The molecule has 0 aromatic rings. The smallest absolute Gasteiger partial charge is 0.237 e. The van der Waals surface area contributed by atoms with Crippen LogP contribution in [0, 0.1) is 11.8 Å². The molecule has 0 aliphatic carbocycles. The Morgan fingerprint density at radius 2 is 2.12 bits per heavy atom. The zero-order valence-electron chi connectivity index (χ0n) is 10.4. The fourth-order valence-corrected chi connectivity index (χ4v) is 1.83. The number of amides is 1. The Morgan fingerprint density at radius 3 is 2.69 bits per heavy atom. The van der Waals surface area contributed by atoms with Crippen molar-refractivity contribution in [1.29, 1.82) is 0 Å². The van der Waals surface area contributed by atoms with Gasteiger partial charge in [0.05, 0.1) is 6.04 Å². The van der Waals surface area contributed by atoms with Gasteiger partial charge in [0, 0.05) is 19.8 Å². The summed E-state index contributed by atoms with van der Waals surface area (Å²) >= 11 is 0. The van der Waals surface area contributed by atoms with Crippen molar-refractivity contribution < 1.29 is 9.53 Å². The Hall–Kier alpha value is -0.610. The van der Waals surface area contributed by atoms with Gasteiger partial charge in [0.2, 0.25) is 5.91 Å². The SMILES string of the molecule is CC[C@H](C)[C@H](N)C(=O)NCC1CCOCC1. The van der Waals surface area contributed by atoms with Crippen molar-refractivity contribution in [1.82, 2.24) is 5.32 Å². The summed E-state index contributed by atoms with van der Waals surface area (Å²) in [6, 6.07) is -0.371. The molecule has 0 aromatic carbocycles. The van der Waals surface area contributed by atoms with E-state index in [1.807, 2.05) is 6.92 Å². The summed E-state index contributed by atoms with van der Waals surface area (Å²) in [5, 5.41) is 2.95. The van der Waals surface area contributed by atoms with E-state index in [-0.39, 0.29) is 17.9 Å². The van der Waals surface area contributed by atoms with Crippen LogP contribution in [-0.2, 0) is 9.53 Å². The van der Waals surface area contributed by atoms with E-state index in [2.05, 4.69) is 12.2 Å². The standard InChI is InChI=1S/C12H24N2O2/c1-3-9(2)11(13)12(15)14-8-10-4-6-16-7-5-10/h9-11H,3-8,13H2,1-2H3,(H,14,15)/t9-,11-/m0/s1. The predicted octanol–water partition coefficient (Wildman–Crippen LogP) is 0.903. The molecular formula is C12H24N2O2. The van der Waals surface area contributed by atoms with Crippen LogP contribution in [-0.4, -0.2) is 31.7 Å². The van der Waals surface area contributed by atoms with Gasteiger partial charge in [-0.1, -0.05) is 20.3 Å². The van der Waals surface area contributed by atoms with E-state index in [4.69, 9.17) is 10.5 Å². The van der Waals surface area contributed by atoms with Crippen molar-refractivity contribution in [3.05, 3.63) is 0 Å². The van der Waals surface area contributed by atoms with Gasteiger partial charge in [-0.25, -0.2) is 0 Å². The van der Waals surface area contributed by atoms with Gasteiger partial charge in [-0.2, -0.15) is 0 Å². The van der Waals surface area contributed by atoms with Gasteiger partial charge in [-0.05, 0) is 24.7 Å². The van der Waals surface area contributed by atoms with E-state index in [9.17, 15) is 4.79 Å². The normalized spacial score (nSPS) is 21.4. The number of nitrogens with one attached hydrogen (secondary N) is 1. The van der Waals surface area contributed by atoms with Gasteiger partial charge in [-0.15, -0.1) is 0 Å². The third-order valence-corrected chi connectivity index (χ3v) is 3.47. The molecule has 1 heterocycles. The molecule has 2 atom stereocenters. The van der Waals surface area contributed by atoms with E-state index < -0.39 is 0 Å². The minimum atomic E-state index is -0.371. The van der Waals surface area contributed by atoms with Crippen LogP contribution >= 0.6 is 0 Å². The largest absolute Gasteiger partial charge is 0.381 e. The molecule has 16 heavy (non-hydrogen) atoms. The molecule has 4 nitrogen and oxygen atoms in total. The molecular weight excluding hydrogens is 204 g/mol. The van der Waals surface area contributed by atoms with Crippen LogP contribution in [0.5, 0.6) is 0 Å². The molecule has 0 saturated carbocycles. The first-order valence-electron chi connectivity index (χ1n) is 6.26. The summed E-state index contributed by atoms with van der Waals surface area (Å²) < 4.78 is 5.27. The third-order valence-electron chi connectivity index (χ3n) is 3.47. The van der Waals surface area contributed by atoms with Gasteiger partial charge in [0.1, 0.15) is 0 Å². The average molecular weight is 228 g/mol. The summed E-state index contributed by atoms with van der Waals surface area (Å²) in [7, 11) is 0. The molecule has 1 aliphatic rings. The van der Waals surface area contributed by atoms with Crippen molar-refractivity contribution in [3.63, 3.8) is 0 Å². The first-order valence-corrected chi connectivity index (χ1v) is 6.26. The summed E-state index contributed by atoms with van der Waals surface area (Å²) in [6.07, 6.45) is 3.02. The molecule has 0 aromatic heterocycles. The lowest BCUT2D eigenvalue weighted by molar-refractivity contribution is -0.123. The second kappa shape index (κ2) is 6.86. The first kappa shape index (κ1) is 13.5. The van der Waals surface area contributed by atoms with Crippen LogP contribution in [0.2, 0.25) is 0 Å². The van der Waals surface area contributed by atoms with Gasteiger partial charge in [0.25, 0.3) is 0 Å². The van der Waals surface area contributed by atoms with E-state index in [1.165, 1.54) is 0 Å². The second-order valence-electron chi connectivity index (χ2n) is 4.71. The van der Waals surface area contributed by atoms with Crippen LogP contribution in [0.4, 0.5) is 0 Å². The molecule has 1 amide bonds. The Morgan fingerprint density at radius 1 is 1.50 bits per heavy atom. The number of rotatable bonds is 5. The minimum absolute atomic E-state index is 0.0131. The van der Waals surface area contributed by atoms with Gasteiger partial charge < -0.3 is 15.8 Å². The summed E-state index contributed by atoms with van der Waals surface area (Å²) in [6.45, 7) is 6.44. The molecule has 1 aliphatic heterocycles. The summed E-state index contributed by atoms with van der Waals surface area (Å²) in [4.78, 5) is 11.7. The number of ether oxygens (including phenoxy) is 1. The predicted molar refractivity (Wildman–Crippen MR) is 64.0 cm³/mol. The second-order valence-corrected chi connectivity index (χ2v) is 4.71. The molecule has 1 fully saturated rings. The van der Waals surface area contributed by atoms with Crippen molar-refractivity contribution in [3.8, 4) is 0 Å². The average Bonchev–Trinajstić information content (AvgIpc) is 2.35. The van der Waals surface area contributed by atoms with Crippen LogP contribution in [0.15, 0.2) is 0 Å². The molecule has 1 rings (SSSR count). The van der Waals surface area contributed by atoms with Crippen molar-refractivity contribution in [2.24, 2.45) is 17.6 Å². The Balaban J connectivity index is 2.23. The molecule has 0 unspecified atom stereocenters. The summed E-state index contributed by atoms with van der Waals surface area (Å²) in [5.41, 5.74) is 5.85. The number of carbonyl (C=O) groups excluding carboxylic acids is 1. The van der Waals surface area contributed by atoms with Crippen molar-refractivity contribution >= 4 is 5.91 Å². The van der Waals surface area contributed by atoms with E-state index in [0.29, 0.717) is 5.92 Å². The van der Waals surface area contributed by atoms with Crippen LogP contribution < -0.4 is 11.1 Å². The summed E-state index contributed by atoms with van der Waals surface area (Å²) in [5.74, 6) is 0.789. The van der Waals surface area contributed by atoms with Crippen molar-refractivity contribution in [2.75, 3.05) is 19.8 Å². The van der Waals surface area contributed by atoms with Crippen LogP contribution in [0.25, 0.3) is 0 Å². The van der Waals surface area contributed by atoms with Crippen LogP contribution in [0.3, 0.4) is 0 Å². The number of hydrogen-bond acceptors (Lipinski definition) is 3. The number of carbonyl (C=O) groups is 1. The minimum Gasteiger partial charge on any atom is -0.381 e. The zero-order valence-corrected chi connectivity index (χ0v) is 10.4. The Bertz CT molecular complexity index is 215. The number of nitrogens with two attached hydrogens (primary N) is 1. The topological polar surface area (TPSA) is 64.4 Å². The quantitative estimate of drug-likeness (QED) is 0.735. The Labute approximate surface area is 97.9 Å². The monoisotopic (exact) mass is 228 g/mol. The molecule has 1 saturated heterocycles.